The van der Waals surface area contributed by atoms with Crippen molar-refractivity contribution in [3.05, 3.63) is 34.9 Å². The van der Waals surface area contributed by atoms with Gasteiger partial charge in [-0.1, -0.05) is 30.7 Å². The lowest BCUT2D eigenvalue weighted by Gasteiger charge is -2.20. The minimum atomic E-state index is 0.440. The van der Waals surface area contributed by atoms with E-state index in [0.717, 1.165) is 23.2 Å². The van der Waals surface area contributed by atoms with E-state index in [1.807, 2.05) is 12.1 Å². The average Bonchev–Trinajstić information content (AvgIpc) is 2.83. The highest BCUT2D eigenvalue weighted by Crippen LogP contribution is 2.27. The van der Waals surface area contributed by atoms with E-state index in [2.05, 4.69) is 36.1 Å². The van der Waals surface area contributed by atoms with Gasteiger partial charge >= 0.3 is 0 Å². The van der Waals surface area contributed by atoms with Gasteiger partial charge in [0.2, 0.25) is 0 Å². The Hall–Kier alpha value is -0.180. The summed E-state index contributed by atoms with van der Waals surface area (Å²) < 4.78 is 0. The Morgan fingerprint density at radius 1 is 1.53 bits per heavy atom. The molecule has 3 heteroatoms. The first-order valence-corrected chi connectivity index (χ1v) is 7.82. The van der Waals surface area contributed by atoms with Crippen molar-refractivity contribution in [2.24, 2.45) is 0 Å². The molecule has 0 bridgehead atoms. The molecule has 94 valence electrons. The summed E-state index contributed by atoms with van der Waals surface area (Å²) in [5.74, 6) is 1.33. The Morgan fingerprint density at radius 3 is 3.06 bits per heavy atom. The van der Waals surface area contributed by atoms with Crippen LogP contribution >= 0.6 is 23.4 Å². The van der Waals surface area contributed by atoms with E-state index in [0.29, 0.717) is 6.04 Å². The number of rotatable bonds is 5. The number of halogens is 1. The lowest BCUT2D eigenvalue weighted by molar-refractivity contribution is 0.512. The second-order valence-corrected chi connectivity index (χ2v) is 6.40. The third-order valence-corrected chi connectivity index (χ3v) is 4.91. The minimum Gasteiger partial charge on any atom is -0.309 e. The van der Waals surface area contributed by atoms with Crippen LogP contribution in [-0.2, 0) is 0 Å². The monoisotopic (exact) mass is 269 g/mol. The van der Waals surface area contributed by atoms with Crippen molar-refractivity contribution in [1.29, 1.82) is 0 Å². The molecule has 0 spiro atoms. The van der Waals surface area contributed by atoms with Crippen LogP contribution < -0.4 is 5.32 Å². The fraction of sp³-hybridized carbons (Fsp3) is 0.571. The predicted molar refractivity (Wildman–Crippen MR) is 78.0 cm³/mol. The smallest absolute Gasteiger partial charge is 0.0409 e. The van der Waals surface area contributed by atoms with Gasteiger partial charge in [-0.3, -0.25) is 0 Å². The molecule has 0 saturated carbocycles. The molecule has 1 fully saturated rings. The van der Waals surface area contributed by atoms with Gasteiger partial charge in [-0.15, -0.1) is 0 Å². The van der Waals surface area contributed by atoms with Crippen molar-refractivity contribution in [2.45, 2.75) is 37.5 Å². The van der Waals surface area contributed by atoms with E-state index in [9.17, 15) is 0 Å². The number of thioether (sulfide) groups is 1. The van der Waals surface area contributed by atoms with Crippen molar-refractivity contribution < 1.29 is 0 Å². The average molecular weight is 270 g/mol. The van der Waals surface area contributed by atoms with Crippen molar-refractivity contribution >= 4 is 23.4 Å². The first-order valence-electron chi connectivity index (χ1n) is 6.40. The van der Waals surface area contributed by atoms with Gasteiger partial charge in [0.15, 0.2) is 0 Å². The molecule has 1 aromatic rings. The number of benzene rings is 1. The second-order valence-electron chi connectivity index (χ2n) is 4.56. The maximum absolute atomic E-state index is 6.04. The Balaban J connectivity index is 1.91. The molecule has 0 amide bonds. The molecule has 1 saturated heterocycles. The summed E-state index contributed by atoms with van der Waals surface area (Å²) in [6, 6.07) is 8.64. The largest absolute Gasteiger partial charge is 0.309 e. The molecule has 1 aliphatic rings. The molecule has 2 unspecified atom stereocenters. The normalized spacial score (nSPS) is 21.6. The summed E-state index contributed by atoms with van der Waals surface area (Å²) in [6.45, 7) is 3.34. The zero-order valence-electron chi connectivity index (χ0n) is 10.3. The summed E-state index contributed by atoms with van der Waals surface area (Å²) in [5.41, 5.74) is 1.31. The Labute approximate surface area is 113 Å². The van der Waals surface area contributed by atoms with Gasteiger partial charge in [0.05, 0.1) is 0 Å². The van der Waals surface area contributed by atoms with Crippen LogP contribution in [0.3, 0.4) is 0 Å². The summed E-state index contributed by atoms with van der Waals surface area (Å²) in [4.78, 5) is 0. The maximum Gasteiger partial charge on any atom is 0.0409 e. The van der Waals surface area contributed by atoms with E-state index in [-0.39, 0.29) is 0 Å². The van der Waals surface area contributed by atoms with Crippen molar-refractivity contribution in [3.63, 3.8) is 0 Å². The topological polar surface area (TPSA) is 12.0 Å². The first-order chi connectivity index (χ1) is 8.29. The zero-order valence-corrected chi connectivity index (χ0v) is 11.9. The van der Waals surface area contributed by atoms with E-state index in [1.54, 1.807) is 0 Å². The summed E-state index contributed by atoms with van der Waals surface area (Å²) in [5, 5.41) is 5.32. The quantitative estimate of drug-likeness (QED) is 0.856. The number of hydrogen-bond acceptors (Lipinski definition) is 2. The van der Waals surface area contributed by atoms with Gasteiger partial charge in [0.25, 0.3) is 0 Å². The lowest BCUT2D eigenvalue weighted by atomic mass is 10.0. The van der Waals surface area contributed by atoms with Gasteiger partial charge < -0.3 is 5.32 Å². The van der Waals surface area contributed by atoms with E-state index < -0.39 is 0 Å². The Bertz CT molecular complexity index is 350. The summed E-state index contributed by atoms with van der Waals surface area (Å²) >= 11 is 8.15. The van der Waals surface area contributed by atoms with E-state index in [4.69, 9.17) is 11.6 Å². The van der Waals surface area contributed by atoms with Crippen LogP contribution in [0, 0.1) is 0 Å². The molecule has 1 heterocycles. The van der Waals surface area contributed by atoms with Gasteiger partial charge in [-0.05, 0) is 42.7 Å². The van der Waals surface area contributed by atoms with Crippen LogP contribution in [0.4, 0.5) is 0 Å². The molecule has 0 aromatic heterocycles. The van der Waals surface area contributed by atoms with Gasteiger partial charge in [-0.25, -0.2) is 0 Å². The van der Waals surface area contributed by atoms with Crippen molar-refractivity contribution in [1.82, 2.24) is 5.32 Å². The zero-order chi connectivity index (χ0) is 12.1. The van der Waals surface area contributed by atoms with Crippen LogP contribution in [0.5, 0.6) is 0 Å². The summed E-state index contributed by atoms with van der Waals surface area (Å²) in [7, 11) is 0. The SMILES string of the molecule is CCC(NCC1CCCS1)c1cccc(Cl)c1. The predicted octanol–water partition coefficient (Wildman–Crippen LogP) is 4.28. The maximum atomic E-state index is 6.04. The van der Waals surface area contributed by atoms with Gasteiger partial charge in [0, 0.05) is 22.9 Å². The van der Waals surface area contributed by atoms with Crippen LogP contribution in [0.1, 0.15) is 37.8 Å². The van der Waals surface area contributed by atoms with Crippen LogP contribution in [0.15, 0.2) is 24.3 Å². The standard InChI is InChI=1S/C14H20ClNS/c1-2-14(11-5-3-6-12(15)9-11)16-10-13-7-4-8-17-13/h3,5-6,9,13-14,16H,2,4,7-8,10H2,1H3. The third kappa shape index (κ3) is 3.90. The van der Waals surface area contributed by atoms with Gasteiger partial charge in [0.1, 0.15) is 0 Å². The van der Waals surface area contributed by atoms with E-state index >= 15 is 0 Å². The molecule has 2 rings (SSSR count). The van der Waals surface area contributed by atoms with Crippen LogP contribution in [0.25, 0.3) is 0 Å². The molecule has 0 radical (unpaired) electrons. The highest BCUT2D eigenvalue weighted by molar-refractivity contribution is 8.00. The molecule has 1 aromatic carbocycles. The molecule has 17 heavy (non-hydrogen) atoms. The highest BCUT2D eigenvalue weighted by atomic mass is 35.5. The molecule has 1 N–H and O–H groups in total. The fourth-order valence-corrected chi connectivity index (χ4v) is 3.71. The molecular formula is C14H20ClNS. The van der Waals surface area contributed by atoms with Crippen molar-refractivity contribution in [3.8, 4) is 0 Å². The third-order valence-electron chi connectivity index (χ3n) is 3.28. The molecule has 0 aliphatic carbocycles. The van der Waals surface area contributed by atoms with Gasteiger partial charge in [-0.2, -0.15) is 11.8 Å². The Morgan fingerprint density at radius 2 is 2.41 bits per heavy atom. The molecular weight excluding hydrogens is 250 g/mol. The van der Waals surface area contributed by atoms with Crippen LogP contribution in [-0.4, -0.2) is 17.5 Å². The van der Waals surface area contributed by atoms with E-state index in [1.165, 1.54) is 24.2 Å². The lowest BCUT2D eigenvalue weighted by Crippen LogP contribution is -2.27. The van der Waals surface area contributed by atoms with Crippen LogP contribution in [0.2, 0.25) is 5.02 Å². The molecule has 1 aliphatic heterocycles. The molecule has 2 atom stereocenters. The molecule has 1 nitrogen and oxygen atoms in total. The second kappa shape index (κ2) is 6.67. The number of hydrogen-bond donors (Lipinski definition) is 1. The summed E-state index contributed by atoms with van der Waals surface area (Å²) in [6.07, 6.45) is 3.85. The first kappa shape index (κ1) is 13.3. The number of nitrogens with one attached hydrogen (secondary N) is 1. The van der Waals surface area contributed by atoms with Crippen molar-refractivity contribution in [2.75, 3.05) is 12.3 Å². The fourth-order valence-electron chi connectivity index (χ4n) is 2.30. The minimum absolute atomic E-state index is 0.440. The Kier molecular flexibility index (Phi) is 5.20. The highest BCUT2D eigenvalue weighted by Gasteiger charge is 2.17.